The van der Waals surface area contributed by atoms with Crippen molar-refractivity contribution in [3.63, 3.8) is 0 Å². The number of hydrogen-bond donors (Lipinski definition) is 2. The Labute approximate surface area is 112 Å². The van der Waals surface area contributed by atoms with Crippen LogP contribution in [0.2, 0.25) is 0 Å². The lowest BCUT2D eigenvalue weighted by atomic mass is 10.1. The average molecular weight is 258 g/mol. The summed E-state index contributed by atoms with van der Waals surface area (Å²) < 4.78 is 0. The topological polar surface area (TPSA) is 69.7 Å². The Balaban J connectivity index is 1.71. The number of H-pyrrole nitrogens is 1. The van der Waals surface area contributed by atoms with Crippen LogP contribution in [0.5, 0.6) is 0 Å². The zero-order chi connectivity index (χ0) is 13.1. The molecule has 0 amide bonds. The fourth-order valence-corrected chi connectivity index (χ4v) is 2.62. The fraction of sp³-hybridized carbons (Fsp3) is 0.462. The van der Waals surface area contributed by atoms with Gasteiger partial charge in [0.15, 0.2) is 0 Å². The summed E-state index contributed by atoms with van der Waals surface area (Å²) in [6.07, 6.45) is 8.00. The van der Waals surface area contributed by atoms with Crippen LogP contribution in [0.3, 0.4) is 0 Å². The molecule has 1 atom stereocenters. The molecule has 3 heterocycles. The van der Waals surface area contributed by atoms with Gasteiger partial charge in [-0.15, -0.1) is 0 Å². The minimum atomic E-state index is 0.437. The van der Waals surface area contributed by atoms with Crippen molar-refractivity contribution in [3.8, 4) is 0 Å². The van der Waals surface area contributed by atoms with Crippen molar-refractivity contribution < 1.29 is 0 Å². The predicted molar refractivity (Wildman–Crippen MR) is 72.6 cm³/mol. The molecule has 1 saturated heterocycles. The molecule has 6 nitrogen and oxygen atoms in total. The minimum absolute atomic E-state index is 0.437. The van der Waals surface area contributed by atoms with Gasteiger partial charge in [-0.3, -0.25) is 10.00 Å². The molecule has 3 rings (SSSR count). The molecule has 2 aromatic rings. The number of nitrogens with zero attached hydrogens (tertiary/aromatic N) is 4. The number of nitrogens with one attached hydrogen (secondary N) is 2. The van der Waals surface area contributed by atoms with E-state index in [-0.39, 0.29) is 0 Å². The van der Waals surface area contributed by atoms with Gasteiger partial charge in [0.2, 0.25) is 5.95 Å². The third kappa shape index (κ3) is 2.58. The molecule has 2 aromatic heterocycles. The van der Waals surface area contributed by atoms with Crippen LogP contribution in [0.15, 0.2) is 24.7 Å². The minimum Gasteiger partial charge on any atom is -0.357 e. The van der Waals surface area contributed by atoms with E-state index in [0.29, 0.717) is 12.0 Å². The van der Waals surface area contributed by atoms with Crippen LogP contribution in [-0.4, -0.2) is 38.7 Å². The number of likely N-dealkylation sites (tertiary alicyclic amines) is 1. The van der Waals surface area contributed by atoms with Crippen molar-refractivity contribution in [1.82, 2.24) is 25.1 Å². The van der Waals surface area contributed by atoms with Crippen LogP contribution < -0.4 is 5.32 Å². The van der Waals surface area contributed by atoms with Crippen molar-refractivity contribution in [2.24, 2.45) is 0 Å². The highest BCUT2D eigenvalue weighted by Crippen LogP contribution is 2.31. The molecular weight excluding hydrogens is 240 g/mol. The summed E-state index contributed by atoms with van der Waals surface area (Å²) in [4.78, 5) is 11.0. The van der Waals surface area contributed by atoms with Gasteiger partial charge in [0, 0.05) is 37.7 Å². The summed E-state index contributed by atoms with van der Waals surface area (Å²) in [5.41, 5.74) is 2.34. The van der Waals surface area contributed by atoms with Crippen LogP contribution in [-0.2, 0) is 6.54 Å². The Morgan fingerprint density at radius 1 is 1.42 bits per heavy atom. The Morgan fingerprint density at radius 2 is 2.26 bits per heavy atom. The first-order valence-electron chi connectivity index (χ1n) is 6.59. The van der Waals surface area contributed by atoms with Crippen molar-refractivity contribution in [2.75, 3.05) is 18.9 Å². The Hall–Kier alpha value is -1.95. The highest BCUT2D eigenvalue weighted by atomic mass is 15.2. The zero-order valence-corrected chi connectivity index (χ0v) is 11.0. The summed E-state index contributed by atoms with van der Waals surface area (Å²) in [6.45, 7) is 1.99. The Kier molecular flexibility index (Phi) is 3.41. The van der Waals surface area contributed by atoms with Crippen LogP contribution in [0.25, 0.3) is 0 Å². The second kappa shape index (κ2) is 5.36. The lowest BCUT2D eigenvalue weighted by Gasteiger charge is -2.23. The van der Waals surface area contributed by atoms with Gasteiger partial charge in [-0.2, -0.15) is 5.10 Å². The molecule has 1 aliphatic rings. The smallest absolute Gasteiger partial charge is 0.222 e. The molecule has 0 aromatic carbocycles. The zero-order valence-electron chi connectivity index (χ0n) is 11.0. The SMILES string of the molecule is CNc1ncc(CN2CCCC2c2ccn[nH]2)cn1. The van der Waals surface area contributed by atoms with Gasteiger partial charge in [-0.05, 0) is 25.5 Å². The van der Waals surface area contributed by atoms with Crippen molar-refractivity contribution in [2.45, 2.75) is 25.4 Å². The highest BCUT2D eigenvalue weighted by molar-refractivity contribution is 5.23. The number of hydrogen-bond acceptors (Lipinski definition) is 5. The van der Waals surface area contributed by atoms with Crippen molar-refractivity contribution in [1.29, 1.82) is 0 Å². The normalized spacial score (nSPS) is 19.7. The van der Waals surface area contributed by atoms with Crippen LogP contribution in [0.1, 0.15) is 30.1 Å². The Morgan fingerprint density at radius 3 is 2.95 bits per heavy atom. The lowest BCUT2D eigenvalue weighted by molar-refractivity contribution is 0.244. The van der Waals surface area contributed by atoms with Crippen molar-refractivity contribution >= 4 is 5.95 Å². The molecule has 0 spiro atoms. The van der Waals surface area contributed by atoms with Gasteiger partial charge in [0.05, 0.1) is 11.7 Å². The summed E-state index contributed by atoms with van der Waals surface area (Å²) >= 11 is 0. The maximum absolute atomic E-state index is 4.26. The summed E-state index contributed by atoms with van der Waals surface area (Å²) in [5, 5.41) is 10.1. The highest BCUT2D eigenvalue weighted by Gasteiger charge is 2.26. The second-order valence-electron chi connectivity index (χ2n) is 4.81. The monoisotopic (exact) mass is 258 g/mol. The second-order valence-corrected chi connectivity index (χ2v) is 4.81. The van der Waals surface area contributed by atoms with E-state index in [9.17, 15) is 0 Å². The first kappa shape index (κ1) is 12.1. The van der Waals surface area contributed by atoms with Gasteiger partial charge in [0.1, 0.15) is 0 Å². The van der Waals surface area contributed by atoms with E-state index >= 15 is 0 Å². The van der Waals surface area contributed by atoms with Crippen LogP contribution in [0.4, 0.5) is 5.95 Å². The number of aromatic amines is 1. The molecule has 0 radical (unpaired) electrons. The molecule has 0 aliphatic carbocycles. The third-order valence-corrected chi connectivity index (χ3v) is 3.56. The average Bonchev–Trinajstić information content (AvgIpc) is 3.10. The fourth-order valence-electron chi connectivity index (χ4n) is 2.62. The van der Waals surface area contributed by atoms with Gasteiger partial charge >= 0.3 is 0 Å². The van der Waals surface area contributed by atoms with E-state index in [0.717, 1.165) is 18.7 Å². The van der Waals surface area contributed by atoms with Crippen molar-refractivity contribution in [3.05, 3.63) is 35.9 Å². The molecule has 1 fully saturated rings. The standard InChI is InChI=1S/C13H18N6/c1-14-13-15-7-10(8-16-13)9-19-6-2-3-12(19)11-4-5-17-18-11/h4-5,7-8,12H,2-3,6,9H2,1H3,(H,17,18)(H,14,15,16). The maximum atomic E-state index is 4.26. The molecular formula is C13H18N6. The molecule has 100 valence electrons. The molecule has 6 heteroatoms. The molecule has 0 bridgehead atoms. The molecule has 0 saturated carbocycles. The van der Waals surface area contributed by atoms with Gasteiger partial charge < -0.3 is 5.32 Å². The van der Waals surface area contributed by atoms with E-state index < -0.39 is 0 Å². The largest absolute Gasteiger partial charge is 0.357 e. The summed E-state index contributed by atoms with van der Waals surface area (Å²) in [7, 11) is 1.82. The molecule has 2 N–H and O–H groups in total. The van der Waals surface area contributed by atoms with E-state index in [1.807, 2.05) is 25.6 Å². The van der Waals surface area contributed by atoms with Gasteiger partial charge in [-0.25, -0.2) is 9.97 Å². The summed E-state index contributed by atoms with van der Waals surface area (Å²) in [6, 6.07) is 2.50. The Bertz CT molecular complexity index is 506. The third-order valence-electron chi connectivity index (χ3n) is 3.56. The lowest BCUT2D eigenvalue weighted by Crippen LogP contribution is -2.23. The number of aromatic nitrogens is 4. The van der Waals surface area contributed by atoms with E-state index in [2.05, 4.69) is 36.4 Å². The number of rotatable bonds is 4. The maximum Gasteiger partial charge on any atom is 0.222 e. The quantitative estimate of drug-likeness (QED) is 0.871. The van der Waals surface area contributed by atoms with Crippen LogP contribution >= 0.6 is 0 Å². The molecule has 19 heavy (non-hydrogen) atoms. The van der Waals surface area contributed by atoms with E-state index in [1.165, 1.54) is 18.5 Å². The predicted octanol–water partition coefficient (Wildman–Crippen LogP) is 1.58. The first-order valence-corrected chi connectivity index (χ1v) is 6.59. The summed E-state index contributed by atoms with van der Waals surface area (Å²) in [5.74, 6) is 0.662. The first-order chi connectivity index (χ1) is 9.36. The van der Waals surface area contributed by atoms with Gasteiger partial charge in [0.25, 0.3) is 0 Å². The van der Waals surface area contributed by atoms with E-state index in [4.69, 9.17) is 0 Å². The molecule has 1 unspecified atom stereocenters. The van der Waals surface area contributed by atoms with Crippen LogP contribution in [0, 0.1) is 0 Å². The van der Waals surface area contributed by atoms with Gasteiger partial charge in [-0.1, -0.05) is 0 Å². The van der Waals surface area contributed by atoms with E-state index in [1.54, 1.807) is 0 Å². The number of anilines is 1. The molecule has 1 aliphatic heterocycles.